The largest absolute Gasteiger partial charge is 0.373 e. The first kappa shape index (κ1) is 27.9. The Morgan fingerprint density at radius 2 is 1.28 bits per heavy atom. The summed E-state index contributed by atoms with van der Waals surface area (Å²) in [6.07, 6.45) is 2.83. The lowest BCUT2D eigenvalue weighted by Crippen LogP contribution is -1.91. The van der Waals surface area contributed by atoms with Gasteiger partial charge in [-0.05, 0) is 6.26 Å². The van der Waals surface area contributed by atoms with E-state index in [4.69, 9.17) is 33.4 Å². The summed E-state index contributed by atoms with van der Waals surface area (Å²) >= 11 is 1.62. The number of hydrogen-bond donors (Lipinski definition) is 0. The Morgan fingerprint density at radius 3 is 1.72 bits per heavy atom. The first-order valence-electron chi connectivity index (χ1n) is 7.07. The van der Waals surface area contributed by atoms with Crippen molar-refractivity contribution in [3.05, 3.63) is 0 Å². The number of methoxy groups -OCH3 is 1. The molecule has 12 heteroatoms. The molecule has 0 aromatic heterocycles. The molecule has 146 valence electrons. The minimum absolute atomic E-state index is 0.418. The average Bonchev–Trinajstić information content (AvgIpc) is 2.61. The number of nitrogens with zero attached hydrogens (tertiary/aromatic N) is 2. The van der Waals surface area contributed by atoms with Crippen molar-refractivity contribution in [2.75, 3.05) is 57.7 Å². The molecule has 2 unspecified atom stereocenters. The number of thioether (sulfide) groups is 1. The van der Waals surface area contributed by atoms with Gasteiger partial charge in [-0.1, -0.05) is 21.6 Å². The van der Waals surface area contributed by atoms with Crippen molar-refractivity contribution < 1.29 is 22.8 Å². The van der Waals surface area contributed by atoms with Gasteiger partial charge in [-0.25, -0.2) is 0 Å². The van der Waals surface area contributed by atoms with Crippen LogP contribution >= 0.6 is 50.1 Å². The number of rotatable bonds is 15. The fourth-order valence-electron chi connectivity index (χ4n) is 0.853. The summed E-state index contributed by atoms with van der Waals surface area (Å²) in [5.74, 6) is 1.91. The van der Waals surface area contributed by atoms with Gasteiger partial charge in [0, 0.05) is 20.4 Å². The van der Waals surface area contributed by atoms with Gasteiger partial charge in [-0.3, -0.25) is 0 Å². The standard InChI is InChI=1S/C7H14NO3PS2.C6H12NO2PS/c1-9-6-13-14-7-11-12(2)10-5-3-4-8;1-10(9-6-11-2)8-5-3-4-7/h3,5-7H2,1-2H3;3,5-6H2,1-2H3. The van der Waals surface area contributed by atoms with Gasteiger partial charge >= 0.3 is 0 Å². The molecule has 25 heavy (non-hydrogen) atoms. The van der Waals surface area contributed by atoms with Crippen LogP contribution in [0, 0.1) is 22.7 Å². The van der Waals surface area contributed by atoms with Gasteiger partial charge < -0.3 is 22.8 Å². The summed E-state index contributed by atoms with van der Waals surface area (Å²) in [6.45, 7) is 4.71. The minimum Gasteiger partial charge on any atom is -0.373 e. The molecule has 2 atom stereocenters. The lowest BCUT2D eigenvalue weighted by Gasteiger charge is -2.10. The van der Waals surface area contributed by atoms with Crippen molar-refractivity contribution in [2.24, 2.45) is 0 Å². The summed E-state index contributed by atoms with van der Waals surface area (Å²) in [6, 6.07) is 4.01. The topological polar surface area (TPSA) is 93.7 Å². The van der Waals surface area contributed by atoms with Gasteiger partial charge in [0.1, 0.15) is 11.9 Å². The zero-order chi connectivity index (χ0) is 19.2. The SMILES string of the molecule is COCSSCOP(C)OCCC#N.CSCOP(C)OCCC#N. The highest BCUT2D eigenvalue weighted by Gasteiger charge is 2.02. The third kappa shape index (κ3) is 27.0. The monoisotopic (exact) mass is 448 g/mol. The van der Waals surface area contributed by atoms with Crippen LogP contribution in [0.4, 0.5) is 0 Å². The summed E-state index contributed by atoms with van der Waals surface area (Å²) in [7, 11) is 3.23. The molecule has 0 aliphatic rings. The van der Waals surface area contributed by atoms with E-state index in [1.165, 1.54) is 0 Å². The van der Waals surface area contributed by atoms with E-state index in [9.17, 15) is 0 Å². The van der Waals surface area contributed by atoms with E-state index in [1.807, 2.05) is 31.7 Å². The maximum Gasteiger partial charge on any atom is 0.168 e. The van der Waals surface area contributed by atoms with Crippen molar-refractivity contribution in [1.82, 2.24) is 0 Å². The second kappa shape index (κ2) is 24.7. The van der Waals surface area contributed by atoms with E-state index in [2.05, 4.69) is 0 Å². The van der Waals surface area contributed by atoms with Gasteiger partial charge in [0.05, 0.1) is 44.1 Å². The summed E-state index contributed by atoms with van der Waals surface area (Å²) < 4.78 is 25.9. The van der Waals surface area contributed by atoms with E-state index in [1.54, 1.807) is 40.5 Å². The molecule has 0 rings (SSSR count). The van der Waals surface area contributed by atoms with Crippen molar-refractivity contribution in [3.63, 3.8) is 0 Å². The molecule has 0 bridgehead atoms. The van der Waals surface area contributed by atoms with Crippen LogP contribution < -0.4 is 0 Å². The van der Waals surface area contributed by atoms with Gasteiger partial charge in [-0.2, -0.15) is 10.5 Å². The Kier molecular flexibility index (Phi) is 27.6. The van der Waals surface area contributed by atoms with Gasteiger partial charge in [-0.15, -0.1) is 11.8 Å². The van der Waals surface area contributed by atoms with Crippen LogP contribution in [0.15, 0.2) is 0 Å². The molecule has 0 aromatic carbocycles. The van der Waals surface area contributed by atoms with Crippen LogP contribution in [0.5, 0.6) is 0 Å². The smallest absolute Gasteiger partial charge is 0.168 e. The predicted octanol–water partition coefficient (Wildman–Crippen LogP) is 5.01. The Balaban J connectivity index is 0. The molecule has 0 aliphatic carbocycles. The fourth-order valence-corrected chi connectivity index (χ4v) is 4.80. The van der Waals surface area contributed by atoms with Crippen LogP contribution in [0.2, 0.25) is 0 Å². The Labute approximate surface area is 166 Å². The molecule has 0 spiro atoms. The zero-order valence-electron chi connectivity index (χ0n) is 15.0. The van der Waals surface area contributed by atoms with Gasteiger partial charge in [0.15, 0.2) is 16.8 Å². The predicted molar refractivity (Wildman–Crippen MR) is 111 cm³/mol. The maximum atomic E-state index is 8.27. The number of hydrogen-bond acceptors (Lipinski definition) is 10. The molecule has 0 aliphatic heterocycles. The Bertz CT molecular complexity index is 362. The second-order valence-electron chi connectivity index (χ2n) is 3.79. The van der Waals surface area contributed by atoms with Crippen molar-refractivity contribution >= 4 is 50.1 Å². The van der Waals surface area contributed by atoms with Crippen molar-refractivity contribution in [1.29, 1.82) is 10.5 Å². The Hall–Kier alpha value is 0.690. The average molecular weight is 449 g/mol. The van der Waals surface area contributed by atoms with Crippen LogP contribution in [-0.2, 0) is 22.8 Å². The third-order valence-corrected chi connectivity index (χ3v) is 6.43. The number of ether oxygens (including phenoxy) is 1. The molecule has 0 N–H and O–H groups in total. The maximum absolute atomic E-state index is 8.27. The third-order valence-electron chi connectivity index (χ3n) is 1.86. The molecule has 0 heterocycles. The van der Waals surface area contributed by atoms with Crippen LogP contribution in [0.1, 0.15) is 12.8 Å². The fraction of sp³-hybridized carbons (Fsp3) is 0.846. The first-order valence-corrected chi connectivity index (χ1v) is 14.2. The highest BCUT2D eigenvalue weighted by atomic mass is 33.1. The van der Waals surface area contributed by atoms with Crippen molar-refractivity contribution in [2.45, 2.75) is 12.8 Å². The molecular formula is C13H26N2O5P2S3. The lowest BCUT2D eigenvalue weighted by molar-refractivity contribution is 0.259. The van der Waals surface area contributed by atoms with Gasteiger partial charge in [0.2, 0.25) is 0 Å². The molecule has 0 amide bonds. The lowest BCUT2D eigenvalue weighted by atomic mass is 10.5. The molecule has 0 fully saturated rings. The molecule has 0 saturated heterocycles. The highest BCUT2D eigenvalue weighted by molar-refractivity contribution is 8.76. The molecular weight excluding hydrogens is 422 g/mol. The van der Waals surface area contributed by atoms with E-state index in [0.717, 1.165) is 0 Å². The van der Waals surface area contributed by atoms with Crippen LogP contribution in [-0.4, -0.2) is 57.7 Å². The normalized spacial score (nSPS) is 12.4. The van der Waals surface area contributed by atoms with Gasteiger partial charge in [0.25, 0.3) is 0 Å². The summed E-state index contributed by atoms with van der Waals surface area (Å²) in [5.41, 5.74) is 0. The van der Waals surface area contributed by atoms with E-state index in [-0.39, 0.29) is 0 Å². The van der Waals surface area contributed by atoms with Crippen LogP contribution in [0.3, 0.4) is 0 Å². The number of nitriles is 2. The van der Waals surface area contributed by atoms with E-state index in [0.29, 0.717) is 43.9 Å². The quantitative estimate of drug-likeness (QED) is 0.147. The van der Waals surface area contributed by atoms with E-state index >= 15 is 0 Å². The molecule has 0 aromatic rings. The van der Waals surface area contributed by atoms with Crippen LogP contribution in [0.25, 0.3) is 0 Å². The van der Waals surface area contributed by atoms with Crippen molar-refractivity contribution in [3.8, 4) is 12.1 Å². The minimum atomic E-state index is -0.839. The summed E-state index contributed by atoms with van der Waals surface area (Å²) in [4.78, 5) is 0. The molecule has 0 radical (unpaired) electrons. The van der Waals surface area contributed by atoms with E-state index < -0.39 is 16.8 Å². The summed E-state index contributed by atoms with van der Waals surface area (Å²) in [5, 5.41) is 16.5. The first-order chi connectivity index (χ1) is 12.1. The zero-order valence-corrected chi connectivity index (χ0v) is 19.2. The molecule has 0 saturated carbocycles. The highest BCUT2D eigenvalue weighted by Crippen LogP contribution is 2.36. The second-order valence-corrected chi connectivity index (χ2v) is 9.75. The Morgan fingerprint density at radius 1 is 0.800 bits per heavy atom. The molecule has 7 nitrogen and oxygen atoms in total.